The first-order valence-electron chi connectivity index (χ1n) is 13.0. The van der Waals surface area contributed by atoms with E-state index in [1.54, 1.807) is 0 Å². The molecule has 0 bridgehead atoms. The van der Waals surface area contributed by atoms with Crippen LogP contribution in [0.2, 0.25) is 18.1 Å². The number of rotatable bonds is 3. The third kappa shape index (κ3) is 3.54. The second-order valence-corrected chi connectivity index (χ2v) is 18.3. The molecule has 4 aliphatic carbocycles. The van der Waals surface area contributed by atoms with Gasteiger partial charge in [-0.05, 0) is 98.1 Å². The van der Waals surface area contributed by atoms with Gasteiger partial charge in [0.15, 0.2) is 8.32 Å². The standard InChI is InChI=1S/C27H48O3Si/c1-9-27(29)17-18-16-19(28)12-14-25(18,5)21-13-15-26(6)20(23(21)27)10-11-22(26)30-31(7,8)24(2,3)4/h17,19-23,28-29H,9-16H2,1-8H3/t19?,20-,21+,22?,23-,25-,26-,27?/m0/s1. The zero-order valence-electron chi connectivity index (χ0n) is 21.4. The lowest BCUT2D eigenvalue weighted by atomic mass is 9.44. The van der Waals surface area contributed by atoms with Crippen LogP contribution in [-0.2, 0) is 4.43 Å². The quantitative estimate of drug-likeness (QED) is 0.385. The highest BCUT2D eigenvalue weighted by molar-refractivity contribution is 6.74. The zero-order chi connectivity index (χ0) is 23.0. The Kier molecular flexibility index (Phi) is 5.74. The maximum Gasteiger partial charge on any atom is 0.192 e. The van der Waals surface area contributed by atoms with Crippen molar-refractivity contribution in [3.63, 3.8) is 0 Å². The smallest absolute Gasteiger partial charge is 0.192 e. The van der Waals surface area contributed by atoms with Gasteiger partial charge in [0, 0.05) is 0 Å². The lowest BCUT2D eigenvalue weighted by molar-refractivity contribution is -0.144. The van der Waals surface area contributed by atoms with Crippen LogP contribution in [-0.4, -0.2) is 36.3 Å². The Bertz CT molecular complexity index is 739. The van der Waals surface area contributed by atoms with Gasteiger partial charge in [-0.2, -0.15) is 0 Å². The Morgan fingerprint density at radius 2 is 1.74 bits per heavy atom. The van der Waals surface area contributed by atoms with E-state index in [4.69, 9.17) is 4.43 Å². The minimum atomic E-state index is -1.83. The molecule has 0 radical (unpaired) electrons. The van der Waals surface area contributed by atoms with Gasteiger partial charge in [0.25, 0.3) is 0 Å². The number of aliphatic hydroxyl groups is 2. The Morgan fingerprint density at radius 1 is 1.06 bits per heavy atom. The number of hydrogen-bond donors (Lipinski definition) is 2. The number of fused-ring (bicyclic) bond motifs is 5. The highest BCUT2D eigenvalue weighted by Crippen LogP contribution is 2.67. The van der Waals surface area contributed by atoms with Gasteiger partial charge in [-0.3, -0.25) is 0 Å². The molecule has 3 nitrogen and oxygen atoms in total. The molecule has 0 aromatic rings. The molecule has 4 heteroatoms. The van der Waals surface area contributed by atoms with E-state index >= 15 is 0 Å². The summed E-state index contributed by atoms with van der Waals surface area (Å²) < 4.78 is 7.07. The fourth-order valence-corrected chi connectivity index (χ4v) is 9.28. The molecule has 178 valence electrons. The summed E-state index contributed by atoms with van der Waals surface area (Å²) >= 11 is 0. The number of aliphatic hydroxyl groups excluding tert-OH is 1. The van der Waals surface area contributed by atoms with Crippen LogP contribution in [0, 0.1) is 28.6 Å². The minimum Gasteiger partial charge on any atom is -0.413 e. The third-order valence-electron chi connectivity index (χ3n) is 11.0. The molecule has 0 spiro atoms. The summed E-state index contributed by atoms with van der Waals surface area (Å²) in [7, 11) is -1.83. The molecule has 0 aliphatic heterocycles. The summed E-state index contributed by atoms with van der Waals surface area (Å²) in [6.45, 7) is 18.9. The van der Waals surface area contributed by atoms with Gasteiger partial charge >= 0.3 is 0 Å². The average Bonchev–Trinajstić information content (AvgIpc) is 2.98. The van der Waals surface area contributed by atoms with Gasteiger partial charge in [0.1, 0.15) is 0 Å². The highest BCUT2D eigenvalue weighted by Gasteiger charge is 2.64. The second-order valence-electron chi connectivity index (χ2n) is 13.6. The molecule has 0 aromatic carbocycles. The Labute approximate surface area is 192 Å². The van der Waals surface area contributed by atoms with Crippen molar-refractivity contribution in [3.8, 4) is 0 Å². The van der Waals surface area contributed by atoms with Crippen LogP contribution in [0.1, 0.15) is 92.9 Å². The third-order valence-corrected chi connectivity index (χ3v) is 15.5. The van der Waals surface area contributed by atoms with E-state index in [0.29, 0.717) is 23.9 Å². The molecule has 0 amide bonds. The molecule has 3 fully saturated rings. The second kappa shape index (κ2) is 7.42. The van der Waals surface area contributed by atoms with E-state index < -0.39 is 13.9 Å². The van der Waals surface area contributed by atoms with Crippen molar-refractivity contribution >= 4 is 8.32 Å². The Balaban J connectivity index is 1.69. The van der Waals surface area contributed by atoms with Crippen LogP contribution in [0.4, 0.5) is 0 Å². The van der Waals surface area contributed by atoms with E-state index in [2.05, 4.69) is 60.7 Å². The minimum absolute atomic E-state index is 0.144. The molecule has 0 heterocycles. The predicted octanol–water partition coefficient (Wildman–Crippen LogP) is 6.45. The van der Waals surface area contributed by atoms with Gasteiger partial charge in [0.05, 0.1) is 17.8 Å². The molecule has 31 heavy (non-hydrogen) atoms. The molecular formula is C27H48O3Si. The van der Waals surface area contributed by atoms with Crippen molar-refractivity contribution in [2.75, 3.05) is 0 Å². The van der Waals surface area contributed by atoms with Gasteiger partial charge in [0.2, 0.25) is 0 Å². The fourth-order valence-electron chi connectivity index (χ4n) is 7.83. The summed E-state index contributed by atoms with van der Waals surface area (Å²) in [6, 6.07) is 0. The number of hydrogen-bond acceptors (Lipinski definition) is 3. The molecular weight excluding hydrogens is 400 g/mol. The van der Waals surface area contributed by atoms with E-state index in [9.17, 15) is 10.2 Å². The summed E-state index contributed by atoms with van der Waals surface area (Å²) in [5.41, 5.74) is 0.905. The van der Waals surface area contributed by atoms with Crippen molar-refractivity contribution in [1.82, 2.24) is 0 Å². The first kappa shape index (κ1) is 24.0. The van der Waals surface area contributed by atoms with Crippen molar-refractivity contribution in [2.45, 2.75) is 129 Å². The molecule has 8 atom stereocenters. The summed E-state index contributed by atoms with van der Waals surface area (Å²) in [5, 5.41) is 22.6. The van der Waals surface area contributed by atoms with Gasteiger partial charge < -0.3 is 14.6 Å². The van der Waals surface area contributed by atoms with Crippen LogP contribution < -0.4 is 0 Å². The molecule has 3 unspecified atom stereocenters. The van der Waals surface area contributed by atoms with Crippen molar-refractivity contribution in [1.29, 1.82) is 0 Å². The Morgan fingerprint density at radius 3 is 2.35 bits per heavy atom. The van der Waals surface area contributed by atoms with Crippen molar-refractivity contribution in [2.24, 2.45) is 28.6 Å². The topological polar surface area (TPSA) is 49.7 Å². The molecule has 3 saturated carbocycles. The summed E-state index contributed by atoms with van der Waals surface area (Å²) in [5.74, 6) is 1.36. The lowest BCUT2D eigenvalue weighted by Gasteiger charge is -2.62. The molecule has 0 saturated heterocycles. The van der Waals surface area contributed by atoms with E-state index in [0.717, 1.165) is 32.1 Å². The highest BCUT2D eigenvalue weighted by atomic mass is 28.4. The van der Waals surface area contributed by atoms with Crippen molar-refractivity contribution < 1.29 is 14.6 Å². The van der Waals surface area contributed by atoms with E-state index in [-0.39, 0.29) is 22.0 Å². The first-order chi connectivity index (χ1) is 14.2. The van der Waals surface area contributed by atoms with Gasteiger partial charge in [-0.25, -0.2) is 0 Å². The summed E-state index contributed by atoms with van der Waals surface area (Å²) in [6.07, 6.45) is 10.5. The van der Waals surface area contributed by atoms with Crippen LogP contribution in [0.25, 0.3) is 0 Å². The Hall–Kier alpha value is -0.163. The van der Waals surface area contributed by atoms with Crippen molar-refractivity contribution in [3.05, 3.63) is 11.6 Å². The van der Waals surface area contributed by atoms with Crippen LogP contribution in [0.3, 0.4) is 0 Å². The molecule has 4 rings (SSSR count). The fraction of sp³-hybridized carbons (Fsp3) is 0.926. The van der Waals surface area contributed by atoms with Gasteiger partial charge in [-0.1, -0.05) is 53.2 Å². The first-order valence-corrected chi connectivity index (χ1v) is 15.9. The van der Waals surface area contributed by atoms with Crippen LogP contribution in [0.15, 0.2) is 11.6 Å². The predicted molar refractivity (Wildman–Crippen MR) is 130 cm³/mol. The van der Waals surface area contributed by atoms with E-state index in [1.807, 2.05) is 0 Å². The zero-order valence-corrected chi connectivity index (χ0v) is 22.4. The SMILES string of the molecule is CCC1(O)C=C2CC(O)CC[C@]2(C)[C@@H]2CC[C@]3(C)C(O[Si](C)(C)C(C)(C)C)CC[C@H]3[C@@H]21. The normalized spacial score (nSPS) is 47.9. The molecule has 2 N–H and O–H groups in total. The maximum absolute atomic E-state index is 12.0. The molecule has 4 aliphatic rings. The maximum atomic E-state index is 12.0. The van der Waals surface area contributed by atoms with Crippen LogP contribution in [0.5, 0.6) is 0 Å². The monoisotopic (exact) mass is 448 g/mol. The average molecular weight is 449 g/mol. The van der Waals surface area contributed by atoms with E-state index in [1.165, 1.54) is 24.8 Å². The molecule has 0 aromatic heterocycles. The largest absolute Gasteiger partial charge is 0.413 e. The lowest BCUT2D eigenvalue weighted by Crippen LogP contribution is -2.60. The van der Waals surface area contributed by atoms with Crippen LogP contribution >= 0.6 is 0 Å². The summed E-state index contributed by atoms with van der Waals surface area (Å²) in [4.78, 5) is 0. The van der Waals surface area contributed by atoms with Gasteiger partial charge in [-0.15, -0.1) is 0 Å².